The number of ether oxygens (including phenoxy) is 1. The molecular weight excluding hydrogens is 329 g/mol. The average molecular weight is 351 g/mol. The van der Waals surface area contributed by atoms with E-state index in [-0.39, 0.29) is 11.6 Å². The first-order valence-corrected chi connectivity index (χ1v) is 8.45. The molecule has 2 N–H and O–H groups in total. The van der Waals surface area contributed by atoms with E-state index in [0.717, 1.165) is 33.5 Å². The van der Waals surface area contributed by atoms with Crippen molar-refractivity contribution >= 4 is 5.69 Å². The van der Waals surface area contributed by atoms with Crippen LogP contribution < -0.4 is 10.1 Å². The lowest BCUT2D eigenvalue weighted by atomic mass is 10.0. The van der Waals surface area contributed by atoms with Crippen LogP contribution >= 0.6 is 0 Å². The molecule has 3 aromatic carbocycles. The third kappa shape index (κ3) is 3.80. The molecule has 0 aliphatic heterocycles. The molecule has 3 nitrogen and oxygen atoms in total. The van der Waals surface area contributed by atoms with Crippen LogP contribution in [0.5, 0.6) is 11.5 Å². The Morgan fingerprint density at radius 1 is 1.00 bits per heavy atom. The zero-order valence-electron chi connectivity index (χ0n) is 15.1. The summed E-state index contributed by atoms with van der Waals surface area (Å²) in [6.45, 7) is 4.44. The summed E-state index contributed by atoms with van der Waals surface area (Å²) in [7, 11) is 1.62. The molecule has 134 valence electrons. The highest BCUT2D eigenvalue weighted by Gasteiger charge is 2.09. The number of halogens is 1. The van der Waals surface area contributed by atoms with E-state index in [4.69, 9.17) is 4.74 Å². The maximum absolute atomic E-state index is 13.6. The minimum Gasteiger partial charge on any atom is -0.508 e. The van der Waals surface area contributed by atoms with E-state index in [1.807, 2.05) is 44.2 Å². The molecule has 0 unspecified atom stereocenters. The van der Waals surface area contributed by atoms with Crippen molar-refractivity contribution in [1.29, 1.82) is 0 Å². The van der Waals surface area contributed by atoms with E-state index in [2.05, 4.69) is 5.32 Å². The van der Waals surface area contributed by atoms with Gasteiger partial charge in [0.1, 0.15) is 17.3 Å². The number of aryl methyl sites for hydroxylation is 1. The van der Waals surface area contributed by atoms with Crippen LogP contribution in [0.15, 0.2) is 54.6 Å². The molecule has 0 heterocycles. The number of benzene rings is 3. The maximum Gasteiger partial charge on any atom is 0.123 e. The highest BCUT2D eigenvalue weighted by atomic mass is 19.1. The van der Waals surface area contributed by atoms with Gasteiger partial charge in [0, 0.05) is 17.8 Å². The molecule has 0 saturated carbocycles. The maximum atomic E-state index is 13.6. The highest BCUT2D eigenvalue weighted by molar-refractivity contribution is 5.67. The Labute approximate surface area is 153 Å². The smallest absolute Gasteiger partial charge is 0.123 e. The zero-order valence-corrected chi connectivity index (χ0v) is 15.1. The monoisotopic (exact) mass is 351 g/mol. The summed E-state index contributed by atoms with van der Waals surface area (Å²) in [5.41, 5.74) is 5.50. The highest BCUT2D eigenvalue weighted by Crippen LogP contribution is 2.30. The first-order valence-electron chi connectivity index (χ1n) is 8.45. The summed E-state index contributed by atoms with van der Waals surface area (Å²) in [6.07, 6.45) is 0. The molecule has 0 saturated heterocycles. The minimum absolute atomic E-state index is 0.268. The number of hydrogen-bond donors (Lipinski definition) is 2. The fourth-order valence-corrected chi connectivity index (χ4v) is 3.01. The fourth-order valence-electron chi connectivity index (χ4n) is 3.01. The molecule has 3 rings (SSSR count). The number of anilines is 1. The van der Waals surface area contributed by atoms with Gasteiger partial charge in [-0.15, -0.1) is 0 Å². The van der Waals surface area contributed by atoms with Gasteiger partial charge in [-0.05, 0) is 72.5 Å². The van der Waals surface area contributed by atoms with Crippen molar-refractivity contribution in [2.75, 3.05) is 12.4 Å². The SMILES string of the molecule is COc1cc(CNc2c(C)ccc(O)c2C)cc(-c2cccc(F)c2)c1. The summed E-state index contributed by atoms with van der Waals surface area (Å²) in [4.78, 5) is 0. The van der Waals surface area contributed by atoms with Gasteiger partial charge in [-0.25, -0.2) is 4.39 Å². The molecule has 0 aliphatic rings. The van der Waals surface area contributed by atoms with Crippen molar-refractivity contribution in [2.45, 2.75) is 20.4 Å². The second kappa shape index (κ2) is 7.48. The summed E-state index contributed by atoms with van der Waals surface area (Å²) in [5, 5.41) is 13.3. The zero-order chi connectivity index (χ0) is 18.7. The molecule has 0 spiro atoms. The van der Waals surface area contributed by atoms with Gasteiger partial charge in [-0.2, -0.15) is 0 Å². The van der Waals surface area contributed by atoms with Gasteiger partial charge < -0.3 is 15.2 Å². The molecule has 0 aromatic heterocycles. The second-order valence-corrected chi connectivity index (χ2v) is 6.34. The van der Waals surface area contributed by atoms with E-state index in [1.54, 1.807) is 19.2 Å². The van der Waals surface area contributed by atoms with Crippen LogP contribution in [0, 0.1) is 19.7 Å². The predicted molar refractivity (Wildman–Crippen MR) is 103 cm³/mol. The van der Waals surface area contributed by atoms with Gasteiger partial charge in [-0.3, -0.25) is 0 Å². The molecule has 0 bridgehead atoms. The number of nitrogens with one attached hydrogen (secondary N) is 1. The Bertz CT molecular complexity index is 937. The molecule has 0 radical (unpaired) electrons. The van der Waals surface area contributed by atoms with E-state index < -0.39 is 0 Å². The van der Waals surface area contributed by atoms with Crippen molar-refractivity contribution < 1.29 is 14.2 Å². The second-order valence-electron chi connectivity index (χ2n) is 6.34. The fraction of sp³-hybridized carbons (Fsp3) is 0.182. The molecule has 26 heavy (non-hydrogen) atoms. The first kappa shape index (κ1) is 17.8. The van der Waals surface area contributed by atoms with Crippen molar-refractivity contribution in [3.63, 3.8) is 0 Å². The Hall–Kier alpha value is -3.01. The molecule has 0 aliphatic carbocycles. The molecule has 4 heteroatoms. The van der Waals surface area contributed by atoms with Gasteiger partial charge in [0.05, 0.1) is 7.11 Å². The van der Waals surface area contributed by atoms with Crippen molar-refractivity contribution in [3.05, 3.63) is 77.1 Å². The van der Waals surface area contributed by atoms with Crippen LogP contribution in [-0.2, 0) is 6.54 Å². The Morgan fingerprint density at radius 2 is 1.81 bits per heavy atom. The van der Waals surface area contributed by atoms with Crippen molar-refractivity contribution in [3.8, 4) is 22.6 Å². The normalized spacial score (nSPS) is 10.6. The summed E-state index contributed by atoms with van der Waals surface area (Å²) in [5.74, 6) is 0.716. The summed E-state index contributed by atoms with van der Waals surface area (Å²) < 4.78 is 19.0. The van der Waals surface area contributed by atoms with E-state index in [0.29, 0.717) is 12.3 Å². The summed E-state index contributed by atoms with van der Waals surface area (Å²) in [6, 6.07) is 15.9. The van der Waals surface area contributed by atoms with E-state index >= 15 is 0 Å². The molecular formula is C22H22FNO2. The lowest BCUT2D eigenvalue weighted by molar-refractivity contribution is 0.414. The molecule has 0 amide bonds. The van der Waals surface area contributed by atoms with Gasteiger partial charge in [0.25, 0.3) is 0 Å². The Kier molecular flexibility index (Phi) is 5.12. The lowest BCUT2D eigenvalue weighted by Crippen LogP contribution is -2.03. The van der Waals surface area contributed by atoms with Crippen LogP contribution in [0.25, 0.3) is 11.1 Å². The van der Waals surface area contributed by atoms with Crippen molar-refractivity contribution in [2.24, 2.45) is 0 Å². The number of methoxy groups -OCH3 is 1. The van der Waals surface area contributed by atoms with Gasteiger partial charge in [0.15, 0.2) is 0 Å². The standard InChI is InChI=1S/C22H22FNO2/c1-14-7-8-21(25)15(2)22(14)24-13-16-9-18(12-20(10-16)26-3)17-5-4-6-19(23)11-17/h4-12,24-25H,13H2,1-3H3. The van der Waals surface area contributed by atoms with Crippen molar-refractivity contribution in [1.82, 2.24) is 0 Å². The van der Waals surface area contributed by atoms with Gasteiger partial charge in [-0.1, -0.05) is 18.2 Å². The average Bonchev–Trinajstić information content (AvgIpc) is 2.64. The lowest BCUT2D eigenvalue weighted by Gasteiger charge is -2.15. The van der Waals surface area contributed by atoms with Crippen LogP contribution in [0.4, 0.5) is 10.1 Å². The predicted octanol–water partition coefficient (Wildman–Crippen LogP) is 5.44. The van der Waals surface area contributed by atoms with E-state index in [1.165, 1.54) is 12.1 Å². The number of hydrogen-bond acceptors (Lipinski definition) is 3. The third-order valence-corrected chi connectivity index (χ3v) is 4.47. The van der Waals surface area contributed by atoms with Crippen LogP contribution in [0.1, 0.15) is 16.7 Å². The number of aromatic hydroxyl groups is 1. The summed E-state index contributed by atoms with van der Waals surface area (Å²) >= 11 is 0. The molecule has 0 atom stereocenters. The largest absolute Gasteiger partial charge is 0.508 e. The van der Waals surface area contributed by atoms with E-state index in [9.17, 15) is 9.50 Å². The Morgan fingerprint density at radius 3 is 2.54 bits per heavy atom. The van der Waals surface area contributed by atoms with Gasteiger partial charge in [0.2, 0.25) is 0 Å². The van der Waals surface area contributed by atoms with Crippen LogP contribution in [0.3, 0.4) is 0 Å². The van der Waals surface area contributed by atoms with Crippen LogP contribution in [0.2, 0.25) is 0 Å². The molecule has 3 aromatic rings. The van der Waals surface area contributed by atoms with Gasteiger partial charge >= 0.3 is 0 Å². The topological polar surface area (TPSA) is 41.5 Å². The van der Waals surface area contributed by atoms with Crippen LogP contribution in [-0.4, -0.2) is 12.2 Å². The number of phenolic OH excluding ortho intramolecular Hbond substituents is 1. The minimum atomic E-state index is -0.268. The quantitative estimate of drug-likeness (QED) is 0.643. The molecule has 0 fully saturated rings. The first-order chi connectivity index (χ1) is 12.5. The number of phenols is 1. The number of rotatable bonds is 5. The third-order valence-electron chi connectivity index (χ3n) is 4.47. The Balaban J connectivity index is 1.91.